The summed E-state index contributed by atoms with van der Waals surface area (Å²) in [5, 5.41) is 9.99. The molecule has 0 heterocycles. The quantitative estimate of drug-likeness (QED) is 0.676. The van der Waals surface area contributed by atoms with E-state index in [0.717, 1.165) is 0 Å². The second-order valence-corrected chi connectivity index (χ2v) is 2.40. The molecule has 13 heavy (non-hydrogen) atoms. The largest absolute Gasteiger partial charge is 0.550 e. The van der Waals surface area contributed by atoms with Crippen molar-refractivity contribution in [1.82, 2.24) is 0 Å². The molecule has 0 aliphatic heterocycles. The first-order chi connectivity index (χ1) is 6.20. The molecule has 1 rings (SSSR count). The zero-order valence-corrected chi connectivity index (χ0v) is 6.83. The number of benzene rings is 1. The normalized spacial score (nSPS) is 9.62. The maximum atomic E-state index is 12.8. The van der Waals surface area contributed by atoms with Crippen molar-refractivity contribution in [3.63, 3.8) is 0 Å². The molecule has 0 N–H and O–H groups in total. The highest BCUT2D eigenvalue weighted by Crippen LogP contribution is 2.15. The Morgan fingerprint density at radius 1 is 1.46 bits per heavy atom. The predicted molar refractivity (Wildman–Crippen MR) is 41.5 cm³/mol. The van der Waals surface area contributed by atoms with Gasteiger partial charge in [0.25, 0.3) is 0 Å². The van der Waals surface area contributed by atoms with E-state index in [0.29, 0.717) is 0 Å². The van der Waals surface area contributed by atoms with E-state index in [1.807, 2.05) is 0 Å². The summed E-state index contributed by atoms with van der Waals surface area (Å²) in [4.78, 5) is 9.99. The molecular formula is C9H8FO3-. The van der Waals surface area contributed by atoms with Crippen LogP contribution in [0, 0.1) is 5.82 Å². The number of para-hydroxylation sites is 1. The SMILES string of the molecule is O=C([O-])CCOc1ccccc1F. The fourth-order valence-corrected chi connectivity index (χ4v) is 0.806. The van der Waals surface area contributed by atoms with E-state index in [1.165, 1.54) is 18.2 Å². The van der Waals surface area contributed by atoms with Crippen molar-refractivity contribution >= 4 is 5.97 Å². The van der Waals surface area contributed by atoms with Crippen LogP contribution in [0.25, 0.3) is 0 Å². The molecule has 0 fully saturated rings. The topological polar surface area (TPSA) is 49.4 Å². The number of carboxylic acid groups (broad SMARTS) is 1. The van der Waals surface area contributed by atoms with E-state index in [2.05, 4.69) is 0 Å². The van der Waals surface area contributed by atoms with Gasteiger partial charge in [-0.1, -0.05) is 12.1 Å². The van der Waals surface area contributed by atoms with Crippen LogP contribution in [0.2, 0.25) is 0 Å². The molecule has 0 spiro atoms. The molecule has 1 aromatic rings. The van der Waals surface area contributed by atoms with Crippen molar-refractivity contribution in [3.8, 4) is 5.75 Å². The fourth-order valence-electron chi connectivity index (χ4n) is 0.806. The Balaban J connectivity index is 2.45. The molecule has 0 saturated carbocycles. The molecule has 0 aromatic heterocycles. The molecule has 3 nitrogen and oxygen atoms in total. The van der Waals surface area contributed by atoms with Gasteiger partial charge in [0.15, 0.2) is 11.6 Å². The maximum absolute atomic E-state index is 12.8. The molecule has 0 aliphatic rings. The maximum Gasteiger partial charge on any atom is 0.165 e. The van der Waals surface area contributed by atoms with Crippen molar-refractivity contribution in [2.45, 2.75) is 6.42 Å². The Bertz CT molecular complexity index is 299. The average molecular weight is 183 g/mol. The van der Waals surface area contributed by atoms with Gasteiger partial charge in [0.05, 0.1) is 6.61 Å². The number of carbonyl (C=O) groups is 1. The lowest BCUT2D eigenvalue weighted by molar-refractivity contribution is -0.306. The number of ether oxygens (including phenoxy) is 1. The molecule has 4 heteroatoms. The third kappa shape index (κ3) is 3.11. The third-order valence-corrected chi connectivity index (χ3v) is 1.40. The Hall–Kier alpha value is -1.58. The van der Waals surface area contributed by atoms with Crippen LogP contribution in [0.15, 0.2) is 24.3 Å². The standard InChI is InChI=1S/C9H9FO3/c10-7-3-1-2-4-8(7)13-6-5-9(11)12/h1-4H,5-6H2,(H,11,12)/p-1. The van der Waals surface area contributed by atoms with Crippen LogP contribution in [0.5, 0.6) is 5.75 Å². The van der Waals surface area contributed by atoms with E-state index in [1.54, 1.807) is 6.07 Å². The molecule has 0 bridgehead atoms. The number of rotatable bonds is 4. The summed E-state index contributed by atoms with van der Waals surface area (Å²) in [5.74, 6) is -1.65. The van der Waals surface area contributed by atoms with Gasteiger partial charge < -0.3 is 14.6 Å². The number of aliphatic carboxylic acids is 1. The lowest BCUT2D eigenvalue weighted by atomic mass is 10.3. The van der Waals surface area contributed by atoms with Gasteiger partial charge in [-0.3, -0.25) is 0 Å². The Morgan fingerprint density at radius 3 is 2.77 bits per heavy atom. The molecule has 0 saturated heterocycles. The molecule has 1 aromatic carbocycles. The molecule has 70 valence electrons. The van der Waals surface area contributed by atoms with Crippen LogP contribution in [0.3, 0.4) is 0 Å². The Morgan fingerprint density at radius 2 is 2.15 bits per heavy atom. The highest BCUT2D eigenvalue weighted by atomic mass is 19.1. The Labute approximate surface area is 74.8 Å². The van der Waals surface area contributed by atoms with Gasteiger partial charge in [0.2, 0.25) is 0 Å². The van der Waals surface area contributed by atoms with Crippen LogP contribution < -0.4 is 9.84 Å². The second-order valence-electron chi connectivity index (χ2n) is 2.40. The van der Waals surface area contributed by atoms with Gasteiger partial charge in [-0.25, -0.2) is 4.39 Å². The van der Waals surface area contributed by atoms with Crippen LogP contribution in [-0.2, 0) is 4.79 Å². The first kappa shape index (κ1) is 9.51. The number of hydrogen-bond acceptors (Lipinski definition) is 3. The number of carboxylic acids is 1. The molecule has 0 atom stereocenters. The molecular weight excluding hydrogens is 175 g/mol. The van der Waals surface area contributed by atoms with Crippen molar-refractivity contribution < 1.29 is 19.0 Å². The van der Waals surface area contributed by atoms with E-state index in [9.17, 15) is 14.3 Å². The average Bonchev–Trinajstić information content (AvgIpc) is 2.08. The first-order valence-corrected chi connectivity index (χ1v) is 3.77. The van der Waals surface area contributed by atoms with E-state index in [-0.39, 0.29) is 18.8 Å². The molecule has 0 unspecified atom stereocenters. The van der Waals surface area contributed by atoms with Crippen molar-refractivity contribution in [2.24, 2.45) is 0 Å². The minimum atomic E-state index is -1.21. The number of halogens is 1. The van der Waals surface area contributed by atoms with Gasteiger partial charge >= 0.3 is 0 Å². The summed E-state index contributed by atoms with van der Waals surface area (Å²) in [6.07, 6.45) is -0.242. The Kier molecular flexibility index (Phi) is 3.25. The van der Waals surface area contributed by atoms with Crippen LogP contribution in [0.4, 0.5) is 4.39 Å². The third-order valence-electron chi connectivity index (χ3n) is 1.40. The van der Waals surface area contributed by atoms with Crippen molar-refractivity contribution in [1.29, 1.82) is 0 Å². The number of carbonyl (C=O) groups excluding carboxylic acids is 1. The van der Waals surface area contributed by atoms with E-state index < -0.39 is 11.8 Å². The summed E-state index contributed by atoms with van der Waals surface area (Å²) in [6.45, 7) is -0.0801. The molecule has 0 aliphatic carbocycles. The zero-order valence-electron chi connectivity index (χ0n) is 6.83. The second kappa shape index (κ2) is 4.45. The monoisotopic (exact) mass is 183 g/mol. The minimum Gasteiger partial charge on any atom is -0.550 e. The highest BCUT2D eigenvalue weighted by molar-refractivity contribution is 5.64. The summed E-state index contributed by atoms with van der Waals surface area (Å²) in [7, 11) is 0. The van der Waals surface area contributed by atoms with Crippen molar-refractivity contribution in [2.75, 3.05) is 6.61 Å². The molecule has 0 radical (unpaired) electrons. The molecule has 0 amide bonds. The first-order valence-electron chi connectivity index (χ1n) is 3.77. The van der Waals surface area contributed by atoms with Crippen molar-refractivity contribution in [3.05, 3.63) is 30.1 Å². The van der Waals surface area contributed by atoms with Gasteiger partial charge in [0.1, 0.15) is 0 Å². The predicted octanol–water partition coefficient (Wildman–Crippen LogP) is 0.344. The van der Waals surface area contributed by atoms with E-state index in [4.69, 9.17) is 4.74 Å². The number of hydrogen-bond donors (Lipinski definition) is 0. The van der Waals surface area contributed by atoms with Gasteiger partial charge in [-0.05, 0) is 12.1 Å². The summed E-state index contributed by atoms with van der Waals surface area (Å²) >= 11 is 0. The van der Waals surface area contributed by atoms with Gasteiger partial charge in [0, 0.05) is 12.4 Å². The summed E-state index contributed by atoms with van der Waals surface area (Å²) in [6, 6.07) is 5.82. The zero-order chi connectivity index (χ0) is 9.68. The summed E-state index contributed by atoms with van der Waals surface area (Å²) in [5.41, 5.74) is 0. The highest BCUT2D eigenvalue weighted by Gasteiger charge is 1.99. The van der Waals surface area contributed by atoms with Gasteiger partial charge in [-0.2, -0.15) is 0 Å². The van der Waals surface area contributed by atoms with Crippen LogP contribution >= 0.6 is 0 Å². The smallest absolute Gasteiger partial charge is 0.165 e. The minimum absolute atomic E-state index is 0.0590. The lowest BCUT2D eigenvalue weighted by Crippen LogP contribution is -2.24. The van der Waals surface area contributed by atoms with E-state index >= 15 is 0 Å². The van der Waals surface area contributed by atoms with Crippen LogP contribution in [0.1, 0.15) is 6.42 Å². The lowest BCUT2D eigenvalue weighted by Gasteiger charge is -2.06. The van der Waals surface area contributed by atoms with Gasteiger partial charge in [-0.15, -0.1) is 0 Å². The summed E-state index contributed by atoms with van der Waals surface area (Å²) < 4.78 is 17.7. The van der Waals surface area contributed by atoms with Crippen LogP contribution in [-0.4, -0.2) is 12.6 Å². The fraction of sp³-hybridized carbons (Fsp3) is 0.222.